The molecule has 0 unspecified atom stereocenters. The van der Waals surface area contributed by atoms with Gasteiger partial charge in [0.25, 0.3) is 0 Å². The molecule has 7 aromatic rings. The molecule has 0 radical (unpaired) electrons. The number of nitrogens with zero attached hydrogens (tertiary/aromatic N) is 4. The molecular weight excluding hydrogens is 475 g/mol. The van der Waals surface area contributed by atoms with Crippen molar-refractivity contribution in [2.75, 3.05) is 0 Å². The van der Waals surface area contributed by atoms with E-state index in [-0.39, 0.29) is 6.85 Å². The molecule has 1 aliphatic rings. The highest BCUT2D eigenvalue weighted by Crippen LogP contribution is 2.38. The Kier molecular flexibility index (Phi) is 4.40. The second-order valence-electron chi connectivity index (χ2n) is 11.5. The normalized spacial score (nSPS) is 12.8. The van der Waals surface area contributed by atoms with Gasteiger partial charge in [-0.15, -0.1) is 0 Å². The summed E-state index contributed by atoms with van der Waals surface area (Å²) in [6.07, 6.45) is 1.99. The fourth-order valence-electron chi connectivity index (χ4n) is 7.35. The molecule has 4 heterocycles. The van der Waals surface area contributed by atoms with E-state index in [2.05, 4.69) is 109 Å². The highest BCUT2D eigenvalue weighted by molar-refractivity contribution is 6.88. The molecule has 39 heavy (non-hydrogen) atoms. The summed E-state index contributed by atoms with van der Waals surface area (Å²) >= 11 is 0. The minimum absolute atomic E-state index is 0.0253. The zero-order chi connectivity index (χ0) is 26.7. The summed E-state index contributed by atoms with van der Waals surface area (Å²) < 4.78 is 5.03. The summed E-state index contributed by atoms with van der Waals surface area (Å²) in [4.78, 5) is 9.57. The molecule has 0 amide bonds. The van der Waals surface area contributed by atoms with Crippen molar-refractivity contribution >= 4 is 61.5 Å². The Hall–Kier alpha value is -4.38. The van der Waals surface area contributed by atoms with Crippen LogP contribution in [0.25, 0.3) is 49.4 Å². The molecule has 0 saturated carbocycles. The summed E-state index contributed by atoms with van der Waals surface area (Å²) in [5, 5.41) is 3.87. The van der Waals surface area contributed by atoms with E-state index in [0.29, 0.717) is 0 Å². The van der Waals surface area contributed by atoms with Gasteiger partial charge in [-0.05, 0) is 87.9 Å². The lowest BCUT2D eigenvalue weighted by Gasteiger charge is -2.29. The van der Waals surface area contributed by atoms with Crippen LogP contribution < -0.4 is 10.9 Å². The minimum Gasteiger partial charge on any atom is -0.375 e. The molecule has 4 aromatic carbocycles. The van der Waals surface area contributed by atoms with Gasteiger partial charge in [0.2, 0.25) is 0 Å². The van der Waals surface area contributed by atoms with Gasteiger partial charge < -0.3 is 9.05 Å². The standard InChI is InChI=1S/C34H29BN4/c1-18-11-21(4)32-24(13-18)25-14-19(2)12-22(5)33(25)39(32)35-27-9-7-8-10-29(27)38-30-17-36-23(6)37-31(30)26-15-20(3)16-28(35)34(26)38/h7-17H,1-6H3. The minimum atomic E-state index is 0.0253. The van der Waals surface area contributed by atoms with Crippen LogP contribution in [0.4, 0.5) is 0 Å². The Morgan fingerprint density at radius 3 is 1.95 bits per heavy atom. The number of rotatable bonds is 1. The van der Waals surface area contributed by atoms with Crippen molar-refractivity contribution in [2.45, 2.75) is 41.5 Å². The van der Waals surface area contributed by atoms with Crippen LogP contribution in [0.5, 0.6) is 0 Å². The molecule has 0 fully saturated rings. The molecule has 0 spiro atoms. The molecule has 0 aliphatic carbocycles. The maximum atomic E-state index is 4.95. The molecule has 5 heteroatoms. The van der Waals surface area contributed by atoms with Gasteiger partial charge in [0.05, 0.1) is 17.2 Å². The average Bonchev–Trinajstić information content (AvgIpc) is 3.38. The largest absolute Gasteiger partial charge is 0.375 e. The average molecular weight is 504 g/mol. The molecule has 0 saturated heterocycles. The summed E-state index contributed by atoms with van der Waals surface area (Å²) in [6.45, 7) is 13.2. The first-order valence-electron chi connectivity index (χ1n) is 13.7. The van der Waals surface area contributed by atoms with E-state index in [0.717, 1.165) is 16.9 Å². The Morgan fingerprint density at radius 2 is 1.26 bits per heavy atom. The van der Waals surface area contributed by atoms with Crippen molar-refractivity contribution in [1.29, 1.82) is 0 Å². The summed E-state index contributed by atoms with van der Waals surface area (Å²) in [5.41, 5.74) is 16.3. The fourth-order valence-corrected chi connectivity index (χ4v) is 7.35. The van der Waals surface area contributed by atoms with Crippen molar-refractivity contribution < 1.29 is 0 Å². The molecule has 4 nitrogen and oxygen atoms in total. The number of benzene rings is 4. The van der Waals surface area contributed by atoms with Crippen LogP contribution >= 0.6 is 0 Å². The van der Waals surface area contributed by atoms with Gasteiger partial charge in [-0.1, -0.05) is 53.1 Å². The zero-order valence-electron chi connectivity index (χ0n) is 23.2. The topological polar surface area (TPSA) is 35.6 Å². The predicted molar refractivity (Wildman–Crippen MR) is 165 cm³/mol. The quantitative estimate of drug-likeness (QED) is 0.239. The molecule has 0 atom stereocenters. The second-order valence-corrected chi connectivity index (χ2v) is 11.5. The van der Waals surface area contributed by atoms with Crippen LogP contribution in [0, 0.1) is 41.5 Å². The van der Waals surface area contributed by atoms with Gasteiger partial charge in [0.1, 0.15) is 11.3 Å². The number of aryl methyl sites for hydroxylation is 6. The van der Waals surface area contributed by atoms with E-state index in [1.165, 1.54) is 77.1 Å². The van der Waals surface area contributed by atoms with E-state index in [4.69, 9.17) is 4.98 Å². The molecule has 188 valence electrons. The molecule has 0 bridgehead atoms. The number of fused-ring (bicyclic) bond motifs is 8. The van der Waals surface area contributed by atoms with E-state index in [1.54, 1.807) is 0 Å². The Morgan fingerprint density at radius 1 is 0.641 bits per heavy atom. The van der Waals surface area contributed by atoms with Crippen molar-refractivity contribution in [3.8, 4) is 5.69 Å². The maximum Gasteiger partial charge on any atom is 0.332 e. The van der Waals surface area contributed by atoms with E-state index in [1.807, 2.05) is 13.1 Å². The molecule has 8 rings (SSSR count). The van der Waals surface area contributed by atoms with E-state index in [9.17, 15) is 0 Å². The van der Waals surface area contributed by atoms with E-state index < -0.39 is 0 Å². The number of hydrogen-bond donors (Lipinski definition) is 0. The first-order chi connectivity index (χ1) is 18.8. The third-order valence-electron chi connectivity index (χ3n) is 8.58. The Labute approximate surface area is 228 Å². The zero-order valence-corrected chi connectivity index (χ0v) is 23.2. The van der Waals surface area contributed by atoms with Gasteiger partial charge >= 0.3 is 6.85 Å². The molecule has 1 aliphatic heterocycles. The lowest BCUT2D eigenvalue weighted by atomic mass is 9.48. The van der Waals surface area contributed by atoms with Crippen LogP contribution in [0.1, 0.15) is 33.6 Å². The van der Waals surface area contributed by atoms with Gasteiger partial charge in [0.15, 0.2) is 0 Å². The van der Waals surface area contributed by atoms with Crippen molar-refractivity contribution in [3.63, 3.8) is 0 Å². The van der Waals surface area contributed by atoms with Crippen LogP contribution in [-0.2, 0) is 0 Å². The molecule has 3 aromatic heterocycles. The molecular formula is C34H29BN4. The maximum absolute atomic E-state index is 4.95. The Balaban J connectivity index is 1.63. The lowest BCUT2D eigenvalue weighted by Crippen LogP contribution is -2.53. The van der Waals surface area contributed by atoms with Crippen molar-refractivity contribution in [3.05, 3.63) is 101 Å². The van der Waals surface area contributed by atoms with Gasteiger partial charge in [-0.25, -0.2) is 9.97 Å². The van der Waals surface area contributed by atoms with E-state index >= 15 is 0 Å². The van der Waals surface area contributed by atoms with Crippen LogP contribution in [0.2, 0.25) is 0 Å². The van der Waals surface area contributed by atoms with Gasteiger partial charge in [0, 0.05) is 32.9 Å². The first-order valence-corrected chi connectivity index (χ1v) is 13.7. The van der Waals surface area contributed by atoms with Crippen LogP contribution in [0.15, 0.2) is 66.9 Å². The smallest absolute Gasteiger partial charge is 0.332 e. The lowest BCUT2D eigenvalue weighted by molar-refractivity contribution is 1.07. The SMILES string of the molecule is Cc1cc(C)c2c(c1)c1cc(C)cc(C)c1n2B1c2ccccc2-n2c3cnc(C)nc3c3cc(C)cc1c32. The molecule has 0 N–H and O–H groups in total. The number of hydrogen-bond acceptors (Lipinski definition) is 2. The monoisotopic (exact) mass is 504 g/mol. The number of aromatic nitrogens is 4. The highest BCUT2D eigenvalue weighted by atomic mass is 15.0. The third-order valence-corrected chi connectivity index (χ3v) is 8.58. The van der Waals surface area contributed by atoms with Crippen molar-refractivity contribution in [2.24, 2.45) is 0 Å². The van der Waals surface area contributed by atoms with Gasteiger partial charge in [-0.2, -0.15) is 0 Å². The summed E-state index contributed by atoms with van der Waals surface area (Å²) in [7, 11) is 0. The predicted octanol–water partition coefficient (Wildman–Crippen LogP) is 6.50. The summed E-state index contributed by atoms with van der Waals surface area (Å²) in [6, 6.07) is 23.0. The van der Waals surface area contributed by atoms with Crippen LogP contribution in [-0.4, -0.2) is 25.9 Å². The van der Waals surface area contributed by atoms with Gasteiger partial charge in [-0.3, -0.25) is 0 Å². The first kappa shape index (κ1) is 22.6. The summed E-state index contributed by atoms with van der Waals surface area (Å²) in [5.74, 6) is 0.799. The van der Waals surface area contributed by atoms with Crippen molar-refractivity contribution in [1.82, 2.24) is 19.0 Å². The van der Waals surface area contributed by atoms with Crippen LogP contribution in [0.3, 0.4) is 0 Å². The fraction of sp³-hybridized carbons (Fsp3) is 0.176. The number of para-hydroxylation sites is 1. The third kappa shape index (κ3) is 2.90. The Bertz CT molecular complexity index is 2130. The highest BCUT2D eigenvalue weighted by Gasteiger charge is 2.37. The second kappa shape index (κ2) is 7.60.